The van der Waals surface area contributed by atoms with Gasteiger partial charge in [-0.25, -0.2) is 4.98 Å². The second-order valence-corrected chi connectivity index (χ2v) is 9.21. The number of amides is 2. The summed E-state index contributed by atoms with van der Waals surface area (Å²) < 4.78 is 0. The molecule has 2 N–H and O–H groups in total. The van der Waals surface area contributed by atoms with Crippen LogP contribution in [-0.4, -0.2) is 35.2 Å². The fourth-order valence-corrected chi connectivity index (χ4v) is 5.96. The molecule has 0 aromatic carbocycles. The van der Waals surface area contributed by atoms with E-state index in [2.05, 4.69) is 15.6 Å². The van der Waals surface area contributed by atoms with Crippen molar-refractivity contribution < 1.29 is 14.4 Å². The second-order valence-electron chi connectivity index (χ2n) is 9.21. The molecule has 0 spiro atoms. The van der Waals surface area contributed by atoms with Crippen LogP contribution in [0.3, 0.4) is 0 Å². The highest BCUT2D eigenvalue weighted by Crippen LogP contribution is 2.60. The van der Waals surface area contributed by atoms with Crippen LogP contribution in [0.5, 0.6) is 0 Å². The van der Waals surface area contributed by atoms with E-state index in [9.17, 15) is 14.4 Å². The lowest BCUT2D eigenvalue weighted by Crippen LogP contribution is -2.45. The van der Waals surface area contributed by atoms with Gasteiger partial charge in [0.15, 0.2) is 0 Å². The molecular formula is C22H29N3O3. The number of pyridine rings is 1. The van der Waals surface area contributed by atoms with Gasteiger partial charge in [0.25, 0.3) is 5.91 Å². The molecule has 6 nitrogen and oxygen atoms in total. The normalized spacial score (nSPS) is 33.2. The lowest BCUT2D eigenvalue weighted by atomic mass is 9.69. The van der Waals surface area contributed by atoms with Gasteiger partial charge in [0, 0.05) is 17.2 Å². The van der Waals surface area contributed by atoms with Gasteiger partial charge in [0.05, 0.1) is 6.54 Å². The van der Waals surface area contributed by atoms with Crippen molar-refractivity contribution in [2.75, 3.05) is 6.54 Å². The third-order valence-electron chi connectivity index (χ3n) is 6.93. The Bertz CT molecular complexity index is 804. The molecule has 1 heterocycles. The Balaban J connectivity index is 1.43. The lowest BCUT2D eigenvalue weighted by Gasteiger charge is -2.37. The first-order valence-electron chi connectivity index (χ1n) is 10.4. The van der Waals surface area contributed by atoms with E-state index in [-0.39, 0.29) is 35.6 Å². The first kappa shape index (κ1) is 19.1. The zero-order chi connectivity index (χ0) is 19.9. The van der Waals surface area contributed by atoms with E-state index in [1.165, 1.54) is 6.92 Å². The summed E-state index contributed by atoms with van der Waals surface area (Å²) in [7, 11) is 0. The Labute approximate surface area is 165 Å². The summed E-state index contributed by atoms with van der Waals surface area (Å²) in [5, 5.41) is 6.07. The summed E-state index contributed by atoms with van der Waals surface area (Å²) in [6, 6.07) is 5.64. The third-order valence-corrected chi connectivity index (χ3v) is 6.93. The largest absolute Gasteiger partial charge is 0.349 e. The summed E-state index contributed by atoms with van der Waals surface area (Å²) in [6.45, 7) is 3.51. The van der Waals surface area contributed by atoms with Gasteiger partial charge in [-0.05, 0) is 82.3 Å². The average molecular weight is 383 g/mol. The number of nitrogens with one attached hydrogen (secondary N) is 2. The van der Waals surface area contributed by atoms with Crippen molar-refractivity contribution in [2.45, 2.75) is 58.4 Å². The molecule has 3 saturated carbocycles. The molecular weight excluding hydrogens is 354 g/mol. The molecule has 3 bridgehead atoms. The zero-order valence-electron chi connectivity index (χ0n) is 16.7. The smallest absolute Gasteiger partial charge is 0.270 e. The standard InChI is InChI=1S/C22H29N3O3/c1-13-4-3-5-19(24-13)20(27)25-18-7-15-6-16-10-22(9-15,11-17(16)8-18)21(28)23-12-14(2)26/h3-5,15-18H,6-12H2,1-2H3,(H,23,28)(H,25,27). The SMILES string of the molecule is CC(=O)CNC(=O)C12CC3CC(NC(=O)c4cccc(C)n4)CC(C1)C(C3)C2. The summed E-state index contributed by atoms with van der Waals surface area (Å²) in [6.07, 6.45) is 5.69. The number of fused-ring (bicyclic) bond motifs is 2. The number of ketones is 1. The van der Waals surface area contributed by atoms with Crippen LogP contribution in [0.4, 0.5) is 0 Å². The number of carbonyl (C=O) groups is 3. The third kappa shape index (κ3) is 3.69. The van der Waals surface area contributed by atoms with Crippen molar-refractivity contribution in [1.82, 2.24) is 15.6 Å². The number of carbonyl (C=O) groups excluding carboxylic acids is 3. The van der Waals surface area contributed by atoms with Crippen LogP contribution >= 0.6 is 0 Å². The molecule has 3 aliphatic rings. The summed E-state index contributed by atoms with van der Waals surface area (Å²) in [4.78, 5) is 41.1. The van der Waals surface area contributed by atoms with Crippen molar-refractivity contribution in [2.24, 2.45) is 23.2 Å². The van der Waals surface area contributed by atoms with E-state index in [0.29, 0.717) is 23.4 Å². The highest BCUT2D eigenvalue weighted by Gasteiger charge is 2.56. The Morgan fingerprint density at radius 3 is 2.57 bits per heavy atom. The molecule has 4 rings (SSSR count). The topological polar surface area (TPSA) is 88.2 Å². The van der Waals surface area contributed by atoms with Crippen molar-refractivity contribution in [3.8, 4) is 0 Å². The Morgan fingerprint density at radius 1 is 1.11 bits per heavy atom. The van der Waals surface area contributed by atoms with Crippen LogP contribution in [0, 0.1) is 30.1 Å². The molecule has 28 heavy (non-hydrogen) atoms. The molecule has 2 amide bonds. The van der Waals surface area contributed by atoms with E-state index in [4.69, 9.17) is 0 Å². The predicted octanol–water partition coefficient (Wildman–Crippen LogP) is 2.41. The van der Waals surface area contributed by atoms with Crippen LogP contribution in [0.25, 0.3) is 0 Å². The van der Waals surface area contributed by atoms with Gasteiger partial charge in [-0.15, -0.1) is 0 Å². The van der Waals surface area contributed by atoms with Gasteiger partial charge < -0.3 is 10.6 Å². The minimum atomic E-state index is -0.305. The van der Waals surface area contributed by atoms with Gasteiger partial charge in [0.1, 0.15) is 11.5 Å². The quantitative estimate of drug-likeness (QED) is 0.817. The number of Topliss-reactive ketones (excluding diaryl/α,β-unsaturated/α-hetero) is 1. The van der Waals surface area contributed by atoms with Crippen LogP contribution in [-0.2, 0) is 9.59 Å². The maximum absolute atomic E-state index is 12.8. The van der Waals surface area contributed by atoms with Crippen LogP contribution in [0.15, 0.2) is 18.2 Å². The van der Waals surface area contributed by atoms with E-state index in [1.54, 1.807) is 6.07 Å². The van der Waals surface area contributed by atoms with Crippen molar-refractivity contribution in [3.05, 3.63) is 29.6 Å². The molecule has 150 valence electrons. The van der Waals surface area contributed by atoms with E-state index in [0.717, 1.165) is 44.2 Å². The molecule has 0 saturated heterocycles. The van der Waals surface area contributed by atoms with E-state index < -0.39 is 0 Å². The van der Waals surface area contributed by atoms with Gasteiger partial charge in [0.2, 0.25) is 5.91 Å². The van der Waals surface area contributed by atoms with Crippen molar-refractivity contribution in [1.29, 1.82) is 0 Å². The summed E-state index contributed by atoms with van der Waals surface area (Å²) in [5.74, 6) is 1.42. The molecule has 1 aromatic rings. The Kier molecular flexibility index (Phi) is 4.98. The maximum atomic E-state index is 12.8. The fourth-order valence-electron chi connectivity index (χ4n) is 5.96. The van der Waals surface area contributed by atoms with Gasteiger partial charge >= 0.3 is 0 Å². The monoisotopic (exact) mass is 383 g/mol. The van der Waals surface area contributed by atoms with Crippen molar-refractivity contribution in [3.63, 3.8) is 0 Å². The molecule has 5 unspecified atom stereocenters. The Hall–Kier alpha value is -2.24. The number of rotatable bonds is 5. The van der Waals surface area contributed by atoms with Crippen molar-refractivity contribution >= 4 is 17.6 Å². The molecule has 3 aliphatic carbocycles. The van der Waals surface area contributed by atoms with Crippen LogP contribution in [0.2, 0.25) is 0 Å². The van der Waals surface area contributed by atoms with Crippen LogP contribution in [0.1, 0.15) is 61.6 Å². The first-order chi connectivity index (χ1) is 13.3. The highest BCUT2D eigenvalue weighted by atomic mass is 16.2. The Morgan fingerprint density at radius 2 is 1.86 bits per heavy atom. The first-order valence-corrected chi connectivity index (χ1v) is 10.4. The fraction of sp³-hybridized carbons (Fsp3) is 0.636. The number of hydrogen-bond donors (Lipinski definition) is 2. The van der Waals surface area contributed by atoms with Crippen LogP contribution < -0.4 is 10.6 Å². The molecule has 1 aromatic heterocycles. The molecule has 6 heteroatoms. The number of hydrogen-bond acceptors (Lipinski definition) is 4. The minimum Gasteiger partial charge on any atom is -0.349 e. The summed E-state index contributed by atoms with van der Waals surface area (Å²) >= 11 is 0. The van der Waals surface area contributed by atoms with E-state index >= 15 is 0 Å². The predicted molar refractivity (Wildman–Crippen MR) is 105 cm³/mol. The van der Waals surface area contributed by atoms with Gasteiger partial charge in [-0.2, -0.15) is 0 Å². The maximum Gasteiger partial charge on any atom is 0.270 e. The van der Waals surface area contributed by atoms with Gasteiger partial charge in [-0.1, -0.05) is 6.07 Å². The number of aromatic nitrogens is 1. The molecule has 3 fully saturated rings. The van der Waals surface area contributed by atoms with E-state index in [1.807, 2.05) is 19.1 Å². The number of nitrogens with zero attached hydrogens (tertiary/aromatic N) is 1. The molecule has 0 aliphatic heterocycles. The molecule has 0 radical (unpaired) electrons. The summed E-state index contributed by atoms with van der Waals surface area (Å²) in [5.41, 5.74) is 1.00. The zero-order valence-corrected chi connectivity index (χ0v) is 16.7. The minimum absolute atomic E-state index is 0.0113. The second kappa shape index (κ2) is 7.30. The molecule has 5 atom stereocenters. The van der Waals surface area contributed by atoms with Gasteiger partial charge in [-0.3, -0.25) is 14.4 Å². The highest BCUT2D eigenvalue weighted by molar-refractivity contribution is 5.92. The lowest BCUT2D eigenvalue weighted by molar-refractivity contribution is -0.134. The number of aryl methyl sites for hydroxylation is 1. The average Bonchev–Trinajstić information content (AvgIpc) is 2.83.